The lowest BCUT2D eigenvalue weighted by Crippen LogP contribution is -2.33. The van der Waals surface area contributed by atoms with Crippen molar-refractivity contribution in [3.05, 3.63) is 39.4 Å². The smallest absolute Gasteiger partial charge is 0.261 e. The van der Waals surface area contributed by atoms with Crippen molar-refractivity contribution in [2.75, 3.05) is 6.61 Å². The molecule has 0 saturated carbocycles. The molecule has 1 aliphatic heterocycles. The SMILES string of the molecule is C/C(=N/[S@+]([O-])C(C)(C)C)c1cc(C)cc2c(=O)n(C)c([C@@]3(C)CCCO3)nc12. The van der Waals surface area contributed by atoms with Gasteiger partial charge < -0.3 is 9.29 Å². The third-order valence-electron chi connectivity index (χ3n) is 5.15. The summed E-state index contributed by atoms with van der Waals surface area (Å²) in [6.07, 6.45) is 1.76. The number of aromatic nitrogens is 2. The molecule has 0 spiro atoms. The molecule has 3 rings (SSSR count). The summed E-state index contributed by atoms with van der Waals surface area (Å²) in [4.78, 5) is 18.0. The van der Waals surface area contributed by atoms with Crippen molar-refractivity contribution in [3.8, 4) is 0 Å². The maximum absolute atomic E-state index is 13.1. The van der Waals surface area contributed by atoms with Crippen LogP contribution < -0.4 is 5.56 Å². The highest BCUT2D eigenvalue weighted by molar-refractivity contribution is 7.91. The van der Waals surface area contributed by atoms with Crippen LogP contribution in [0.1, 0.15) is 64.4 Å². The van der Waals surface area contributed by atoms with Gasteiger partial charge in [-0.05, 0) is 72.1 Å². The number of hydrogen-bond acceptors (Lipinski definition) is 5. The molecular formula is C21H29N3O3S. The topological polar surface area (TPSA) is 79.5 Å². The van der Waals surface area contributed by atoms with Crippen LogP contribution in [-0.4, -0.2) is 31.2 Å². The van der Waals surface area contributed by atoms with Gasteiger partial charge in [-0.15, -0.1) is 0 Å². The Balaban J connectivity index is 2.28. The molecular weight excluding hydrogens is 374 g/mol. The molecule has 0 N–H and O–H groups in total. The van der Waals surface area contributed by atoms with Crippen molar-refractivity contribution in [1.29, 1.82) is 0 Å². The number of nitrogens with zero attached hydrogens (tertiary/aromatic N) is 3. The zero-order valence-electron chi connectivity index (χ0n) is 17.8. The molecule has 0 radical (unpaired) electrons. The third-order valence-corrected chi connectivity index (χ3v) is 6.64. The molecule has 1 saturated heterocycles. The van der Waals surface area contributed by atoms with Gasteiger partial charge in [-0.1, -0.05) is 4.40 Å². The van der Waals surface area contributed by atoms with E-state index in [-0.39, 0.29) is 5.56 Å². The molecule has 0 bridgehead atoms. The lowest BCUT2D eigenvalue weighted by molar-refractivity contribution is 0.00638. The van der Waals surface area contributed by atoms with Crippen LogP contribution in [0.5, 0.6) is 0 Å². The number of aryl methyl sites for hydroxylation is 1. The van der Waals surface area contributed by atoms with Gasteiger partial charge >= 0.3 is 0 Å². The van der Waals surface area contributed by atoms with Crippen molar-refractivity contribution in [2.24, 2.45) is 11.4 Å². The summed E-state index contributed by atoms with van der Waals surface area (Å²) >= 11 is -1.39. The Bertz CT molecular complexity index is 999. The lowest BCUT2D eigenvalue weighted by Gasteiger charge is -2.25. The van der Waals surface area contributed by atoms with E-state index in [1.807, 2.05) is 53.7 Å². The molecule has 6 nitrogen and oxygen atoms in total. The van der Waals surface area contributed by atoms with Crippen LogP contribution in [0.3, 0.4) is 0 Å². The molecule has 152 valence electrons. The van der Waals surface area contributed by atoms with Crippen molar-refractivity contribution in [1.82, 2.24) is 9.55 Å². The standard InChI is InChI=1S/C21H29N3O3S/c1-13-11-15(14(2)23-28(26)20(3,4)5)17-16(12-13)18(25)24(7)19(22-17)21(6)9-8-10-27-21/h11-12H,8-10H2,1-7H3/b23-14-/t21-,28-/m1/s1. The molecule has 0 unspecified atom stereocenters. The van der Waals surface area contributed by atoms with E-state index in [1.165, 1.54) is 0 Å². The number of rotatable bonds is 3. The first-order valence-corrected chi connectivity index (χ1v) is 10.7. The van der Waals surface area contributed by atoms with Gasteiger partial charge in [0, 0.05) is 19.2 Å². The van der Waals surface area contributed by atoms with Gasteiger partial charge in [-0.25, -0.2) is 4.98 Å². The van der Waals surface area contributed by atoms with E-state index in [1.54, 1.807) is 11.6 Å². The fourth-order valence-corrected chi connectivity index (χ4v) is 4.16. The van der Waals surface area contributed by atoms with Gasteiger partial charge in [-0.3, -0.25) is 9.36 Å². The van der Waals surface area contributed by atoms with Crippen LogP contribution in [0.2, 0.25) is 0 Å². The molecule has 2 atom stereocenters. The Hall–Kier alpha value is -1.70. The first-order chi connectivity index (χ1) is 12.9. The Morgan fingerprint density at radius 1 is 1.39 bits per heavy atom. The first kappa shape index (κ1) is 21.0. The minimum atomic E-state index is -1.39. The number of hydrogen-bond donors (Lipinski definition) is 0. The predicted octanol–water partition coefficient (Wildman–Crippen LogP) is 3.54. The van der Waals surface area contributed by atoms with Crippen LogP contribution >= 0.6 is 0 Å². The monoisotopic (exact) mass is 403 g/mol. The largest absolute Gasteiger partial charge is 0.591 e. The van der Waals surface area contributed by atoms with Gasteiger partial charge in [0.25, 0.3) is 5.56 Å². The van der Waals surface area contributed by atoms with Crippen LogP contribution in [-0.2, 0) is 28.7 Å². The summed E-state index contributed by atoms with van der Waals surface area (Å²) in [6, 6.07) is 3.80. The maximum atomic E-state index is 13.1. The predicted molar refractivity (Wildman–Crippen MR) is 114 cm³/mol. The van der Waals surface area contributed by atoms with Crippen molar-refractivity contribution in [3.63, 3.8) is 0 Å². The fraction of sp³-hybridized carbons (Fsp3) is 0.571. The molecule has 2 aromatic rings. The summed E-state index contributed by atoms with van der Waals surface area (Å²) in [5.74, 6) is 0.623. The molecule has 28 heavy (non-hydrogen) atoms. The van der Waals surface area contributed by atoms with E-state index < -0.39 is 21.7 Å². The minimum absolute atomic E-state index is 0.105. The highest BCUT2D eigenvalue weighted by atomic mass is 32.2. The van der Waals surface area contributed by atoms with Crippen LogP contribution in [0.15, 0.2) is 21.3 Å². The van der Waals surface area contributed by atoms with Crippen LogP contribution in [0, 0.1) is 6.92 Å². The Kier molecular flexibility index (Phi) is 5.47. The lowest BCUT2D eigenvalue weighted by atomic mass is 9.99. The number of ether oxygens (including phenoxy) is 1. The second kappa shape index (κ2) is 7.28. The van der Waals surface area contributed by atoms with Crippen molar-refractivity contribution >= 4 is 28.0 Å². The fourth-order valence-electron chi connectivity index (χ4n) is 3.53. The van der Waals surface area contributed by atoms with Crippen LogP contribution in [0.25, 0.3) is 10.9 Å². The molecule has 0 aliphatic carbocycles. The molecule has 0 amide bonds. The average Bonchev–Trinajstić information content (AvgIpc) is 3.04. The van der Waals surface area contributed by atoms with Gasteiger partial charge in [0.05, 0.1) is 16.6 Å². The van der Waals surface area contributed by atoms with E-state index in [0.29, 0.717) is 29.0 Å². The second-order valence-electron chi connectivity index (χ2n) is 8.73. The molecule has 1 aliphatic rings. The maximum Gasteiger partial charge on any atom is 0.261 e. The minimum Gasteiger partial charge on any atom is -0.591 e. The molecule has 1 aromatic carbocycles. The zero-order chi connectivity index (χ0) is 20.9. The molecule has 7 heteroatoms. The highest BCUT2D eigenvalue weighted by Crippen LogP contribution is 2.34. The quantitative estimate of drug-likeness (QED) is 0.580. The summed E-state index contributed by atoms with van der Waals surface area (Å²) < 4.78 is 24.0. The van der Waals surface area contributed by atoms with Crippen LogP contribution in [0.4, 0.5) is 0 Å². The normalized spacial score (nSPS) is 22.1. The van der Waals surface area contributed by atoms with Gasteiger partial charge in [-0.2, -0.15) is 0 Å². The summed E-state index contributed by atoms with van der Waals surface area (Å²) in [7, 11) is 1.74. The Labute approximate surface area is 169 Å². The van der Waals surface area contributed by atoms with Gasteiger partial charge in [0.1, 0.15) is 27.5 Å². The number of benzene rings is 1. The van der Waals surface area contributed by atoms with Gasteiger partial charge in [0.2, 0.25) is 0 Å². The zero-order valence-corrected chi connectivity index (χ0v) is 18.6. The molecule has 2 heterocycles. The van der Waals surface area contributed by atoms with E-state index in [9.17, 15) is 9.35 Å². The van der Waals surface area contributed by atoms with Crippen molar-refractivity contribution < 1.29 is 9.29 Å². The van der Waals surface area contributed by atoms with Crippen molar-refractivity contribution in [2.45, 2.75) is 64.7 Å². The second-order valence-corrected chi connectivity index (χ2v) is 10.6. The first-order valence-electron chi connectivity index (χ1n) is 9.57. The number of fused-ring (bicyclic) bond motifs is 1. The Morgan fingerprint density at radius 3 is 2.64 bits per heavy atom. The van der Waals surface area contributed by atoms with E-state index in [2.05, 4.69) is 4.40 Å². The molecule has 1 fully saturated rings. The summed E-state index contributed by atoms with van der Waals surface area (Å²) in [5.41, 5.74) is 2.20. The summed E-state index contributed by atoms with van der Waals surface area (Å²) in [5, 5.41) is 0.541. The Morgan fingerprint density at radius 2 is 2.07 bits per heavy atom. The van der Waals surface area contributed by atoms with E-state index in [0.717, 1.165) is 24.0 Å². The average molecular weight is 404 g/mol. The summed E-state index contributed by atoms with van der Waals surface area (Å²) in [6.45, 7) is 12.1. The molecule has 1 aromatic heterocycles. The van der Waals surface area contributed by atoms with Gasteiger partial charge in [0.15, 0.2) is 0 Å². The van der Waals surface area contributed by atoms with E-state index in [4.69, 9.17) is 9.72 Å². The third kappa shape index (κ3) is 3.75. The highest BCUT2D eigenvalue weighted by Gasteiger charge is 2.36. The van der Waals surface area contributed by atoms with E-state index >= 15 is 0 Å².